The minimum atomic E-state index is -0.406. The Bertz CT molecular complexity index is 468. The Morgan fingerprint density at radius 2 is 2.06 bits per heavy atom. The number of benzene rings is 1. The Balaban J connectivity index is 1.75. The number of anilines is 1. The molecule has 0 unspecified atom stereocenters. The van der Waals surface area contributed by atoms with E-state index in [4.69, 9.17) is 14.2 Å². The van der Waals surface area contributed by atoms with E-state index in [1.807, 2.05) is 6.92 Å². The highest BCUT2D eigenvalue weighted by atomic mass is 16.7. The van der Waals surface area contributed by atoms with Gasteiger partial charge in [0.1, 0.15) is 0 Å². The summed E-state index contributed by atoms with van der Waals surface area (Å²) < 4.78 is 15.5. The average molecular weight is 235 g/mol. The van der Waals surface area contributed by atoms with E-state index in [1.54, 1.807) is 18.2 Å². The fourth-order valence-corrected chi connectivity index (χ4v) is 1.80. The summed E-state index contributed by atoms with van der Waals surface area (Å²) in [6, 6.07) is 5.36. The highest BCUT2D eigenvalue weighted by Gasteiger charge is 2.41. The Morgan fingerprint density at radius 1 is 1.29 bits per heavy atom. The van der Waals surface area contributed by atoms with E-state index in [0.29, 0.717) is 30.4 Å². The monoisotopic (exact) mass is 235 g/mol. The highest BCUT2D eigenvalue weighted by molar-refractivity contribution is 5.96. The van der Waals surface area contributed by atoms with Gasteiger partial charge in [-0.3, -0.25) is 4.79 Å². The summed E-state index contributed by atoms with van der Waals surface area (Å²) in [6.07, 6.45) is 0. The molecule has 1 aromatic rings. The van der Waals surface area contributed by atoms with Crippen LogP contribution in [0.5, 0.6) is 11.5 Å². The van der Waals surface area contributed by atoms with Gasteiger partial charge in [-0.1, -0.05) is 0 Å². The lowest BCUT2D eigenvalue weighted by atomic mass is 9.87. The smallest absolute Gasteiger partial charge is 0.234 e. The van der Waals surface area contributed by atoms with Crippen molar-refractivity contribution in [2.45, 2.75) is 6.92 Å². The van der Waals surface area contributed by atoms with Crippen LogP contribution in [0, 0.1) is 5.41 Å². The maximum atomic E-state index is 12.0. The van der Waals surface area contributed by atoms with E-state index < -0.39 is 5.41 Å². The van der Waals surface area contributed by atoms with Crippen molar-refractivity contribution in [2.75, 3.05) is 25.3 Å². The van der Waals surface area contributed by atoms with Crippen molar-refractivity contribution in [2.24, 2.45) is 5.41 Å². The SMILES string of the molecule is CC1(C(=O)Nc2ccc3c(c2)OCO3)COC1. The van der Waals surface area contributed by atoms with Crippen molar-refractivity contribution in [1.29, 1.82) is 0 Å². The molecule has 0 atom stereocenters. The van der Waals surface area contributed by atoms with Crippen LogP contribution in [0.1, 0.15) is 6.92 Å². The topological polar surface area (TPSA) is 56.8 Å². The quantitative estimate of drug-likeness (QED) is 0.841. The lowest BCUT2D eigenvalue weighted by molar-refractivity contribution is -0.151. The average Bonchev–Trinajstić information content (AvgIpc) is 2.73. The first kappa shape index (κ1) is 10.4. The molecule has 0 aliphatic carbocycles. The molecule has 1 fully saturated rings. The summed E-state index contributed by atoms with van der Waals surface area (Å²) in [5.41, 5.74) is 0.309. The third kappa shape index (κ3) is 1.72. The minimum Gasteiger partial charge on any atom is -0.454 e. The van der Waals surface area contributed by atoms with Gasteiger partial charge in [-0.05, 0) is 19.1 Å². The van der Waals surface area contributed by atoms with E-state index in [9.17, 15) is 4.79 Å². The molecule has 2 aliphatic heterocycles. The minimum absolute atomic E-state index is 0.0254. The molecule has 0 bridgehead atoms. The van der Waals surface area contributed by atoms with Crippen LogP contribution in [-0.2, 0) is 9.53 Å². The number of amides is 1. The van der Waals surface area contributed by atoms with Gasteiger partial charge >= 0.3 is 0 Å². The summed E-state index contributed by atoms with van der Waals surface area (Å²) in [5, 5.41) is 2.86. The lowest BCUT2D eigenvalue weighted by Crippen LogP contribution is -2.49. The number of hydrogen-bond donors (Lipinski definition) is 1. The molecule has 1 N–H and O–H groups in total. The second kappa shape index (κ2) is 3.63. The lowest BCUT2D eigenvalue weighted by Gasteiger charge is -2.36. The van der Waals surface area contributed by atoms with Crippen LogP contribution in [0.4, 0.5) is 5.69 Å². The largest absolute Gasteiger partial charge is 0.454 e. The summed E-state index contributed by atoms with van der Waals surface area (Å²) in [5.74, 6) is 1.35. The van der Waals surface area contributed by atoms with Crippen molar-refractivity contribution in [3.63, 3.8) is 0 Å². The Hall–Kier alpha value is -1.75. The zero-order valence-electron chi connectivity index (χ0n) is 9.49. The number of hydrogen-bond acceptors (Lipinski definition) is 4. The van der Waals surface area contributed by atoms with Gasteiger partial charge in [0.05, 0.1) is 18.6 Å². The maximum Gasteiger partial charge on any atom is 0.234 e. The number of carbonyl (C=O) groups excluding carboxylic acids is 1. The van der Waals surface area contributed by atoms with Gasteiger partial charge in [-0.2, -0.15) is 0 Å². The second-order valence-corrected chi connectivity index (χ2v) is 4.58. The van der Waals surface area contributed by atoms with Crippen molar-refractivity contribution in [3.05, 3.63) is 18.2 Å². The van der Waals surface area contributed by atoms with E-state index in [1.165, 1.54) is 0 Å². The number of nitrogens with one attached hydrogen (secondary N) is 1. The van der Waals surface area contributed by atoms with Gasteiger partial charge in [0.15, 0.2) is 11.5 Å². The number of rotatable bonds is 2. The van der Waals surface area contributed by atoms with Gasteiger partial charge in [0.2, 0.25) is 12.7 Å². The molecular formula is C12H13NO4. The molecule has 0 saturated carbocycles. The van der Waals surface area contributed by atoms with Crippen LogP contribution < -0.4 is 14.8 Å². The van der Waals surface area contributed by atoms with E-state index in [0.717, 1.165) is 0 Å². The zero-order valence-corrected chi connectivity index (χ0v) is 9.49. The van der Waals surface area contributed by atoms with E-state index in [2.05, 4.69) is 5.32 Å². The molecule has 1 saturated heterocycles. The van der Waals surface area contributed by atoms with Gasteiger partial charge in [0.25, 0.3) is 0 Å². The molecule has 17 heavy (non-hydrogen) atoms. The van der Waals surface area contributed by atoms with Gasteiger partial charge in [-0.25, -0.2) is 0 Å². The molecule has 2 aliphatic rings. The van der Waals surface area contributed by atoms with E-state index in [-0.39, 0.29) is 12.7 Å². The molecular weight excluding hydrogens is 222 g/mol. The molecule has 0 aromatic heterocycles. The van der Waals surface area contributed by atoms with Crippen molar-refractivity contribution in [3.8, 4) is 11.5 Å². The fourth-order valence-electron chi connectivity index (χ4n) is 1.80. The molecule has 90 valence electrons. The van der Waals surface area contributed by atoms with Crippen LogP contribution in [0.25, 0.3) is 0 Å². The second-order valence-electron chi connectivity index (χ2n) is 4.58. The standard InChI is InChI=1S/C12H13NO4/c1-12(5-15-6-12)11(14)13-8-2-3-9-10(4-8)17-7-16-9/h2-4H,5-7H2,1H3,(H,13,14). The summed E-state index contributed by atoms with van der Waals surface area (Å²) in [6.45, 7) is 3.07. The van der Waals surface area contributed by atoms with Crippen LogP contribution in [0.2, 0.25) is 0 Å². The zero-order chi connectivity index (χ0) is 11.9. The summed E-state index contributed by atoms with van der Waals surface area (Å²) in [4.78, 5) is 12.0. The predicted molar refractivity (Wildman–Crippen MR) is 60.1 cm³/mol. The van der Waals surface area contributed by atoms with Crippen molar-refractivity contribution in [1.82, 2.24) is 0 Å². The Kier molecular flexibility index (Phi) is 2.22. The van der Waals surface area contributed by atoms with E-state index >= 15 is 0 Å². The first-order valence-electron chi connectivity index (χ1n) is 5.46. The third-order valence-electron chi connectivity index (χ3n) is 3.02. The molecule has 1 aromatic carbocycles. The van der Waals surface area contributed by atoms with Crippen molar-refractivity contribution >= 4 is 11.6 Å². The molecule has 5 heteroatoms. The molecule has 5 nitrogen and oxygen atoms in total. The predicted octanol–water partition coefficient (Wildman–Crippen LogP) is 1.39. The van der Waals surface area contributed by atoms with Crippen molar-refractivity contribution < 1.29 is 19.0 Å². The van der Waals surface area contributed by atoms with Gasteiger partial charge in [-0.15, -0.1) is 0 Å². The molecule has 1 amide bonds. The highest BCUT2D eigenvalue weighted by Crippen LogP contribution is 2.35. The molecule has 0 spiro atoms. The van der Waals surface area contributed by atoms with Gasteiger partial charge < -0.3 is 19.5 Å². The normalized spacial score (nSPS) is 19.6. The summed E-state index contributed by atoms with van der Waals surface area (Å²) >= 11 is 0. The number of fused-ring (bicyclic) bond motifs is 1. The number of ether oxygens (including phenoxy) is 3. The maximum absolute atomic E-state index is 12.0. The van der Waals surface area contributed by atoms with Crippen LogP contribution in [-0.4, -0.2) is 25.9 Å². The first-order valence-corrected chi connectivity index (χ1v) is 5.46. The van der Waals surface area contributed by atoms with Crippen LogP contribution in [0.3, 0.4) is 0 Å². The van der Waals surface area contributed by atoms with Gasteiger partial charge in [0, 0.05) is 11.8 Å². The third-order valence-corrected chi connectivity index (χ3v) is 3.02. The first-order chi connectivity index (χ1) is 8.17. The molecule has 2 heterocycles. The fraction of sp³-hybridized carbons (Fsp3) is 0.417. The van der Waals surface area contributed by atoms with Crippen LogP contribution >= 0.6 is 0 Å². The summed E-state index contributed by atoms with van der Waals surface area (Å²) in [7, 11) is 0. The molecule has 3 rings (SSSR count). The van der Waals surface area contributed by atoms with Crippen LogP contribution in [0.15, 0.2) is 18.2 Å². The molecule has 0 radical (unpaired) electrons. The Morgan fingerprint density at radius 3 is 2.76 bits per heavy atom. The Labute approximate surface area is 98.7 Å². The number of carbonyl (C=O) groups is 1.